The van der Waals surface area contributed by atoms with Crippen LogP contribution in [0.2, 0.25) is 5.15 Å². The molecule has 0 saturated carbocycles. The van der Waals surface area contributed by atoms with Gasteiger partial charge in [-0.15, -0.1) is 5.10 Å². The summed E-state index contributed by atoms with van der Waals surface area (Å²) in [5, 5.41) is 8.30. The Bertz CT molecular complexity index is 1170. The van der Waals surface area contributed by atoms with E-state index in [0.29, 0.717) is 23.2 Å². The van der Waals surface area contributed by atoms with E-state index in [9.17, 15) is 9.18 Å². The molecule has 0 unspecified atom stereocenters. The third-order valence-electron chi connectivity index (χ3n) is 5.03. The lowest BCUT2D eigenvalue weighted by molar-refractivity contribution is 0.111. The van der Waals surface area contributed by atoms with Crippen molar-refractivity contribution in [2.75, 3.05) is 25.0 Å². The SMILES string of the molecule is CC.CN[C@H]1CCN(c2ccc3ncc(C)n3n2)C1.Fc1ccccc1.O=Cc1cccc(Cl)n1. The molecule has 3 aromatic heterocycles. The number of carbonyl (C=O) groups excluding carboxylic acids is 1. The minimum atomic E-state index is -0.178. The highest BCUT2D eigenvalue weighted by Crippen LogP contribution is 2.18. The number of likely N-dealkylation sites (N-methyl/N-ethyl adjacent to an activating group) is 1. The number of anilines is 1. The molecule has 1 fully saturated rings. The number of carbonyl (C=O) groups is 1. The number of hydrogen-bond donors (Lipinski definition) is 1. The van der Waals surface area contributed by atoms with E-state index in [0.717, 1.165) is 30.2 Å². The summed E-state index contributed by atoms with van der Waals surface area (Å²) in [6.07, 6.45) is 3.69. The molecule has 0 bridgehead atoms. The number of aromatic nitrogens is 4. The molecule has 7 nitrogen and oxygen atoms in total. The number of hydrogen-bond acceptors (Lipinski definition) is 6. The molecular weight excluding hydrogens is 467 g/mol. The largest absolute Gasteiger partial charge is 0.354 e. The highest BCUT2D eigenvalue weighted by atomic mass is 35.5. The van der Waals surface area contributed by atoms with Gasteiger partial charge in [-0.1, -0.05) is 49.7 Å². The van der Waals surface area contributed by atoms with Crippen molar-refractivity contribution in [2.45, 2.75) is 33.2 Å². The highest BCUT2D eigenvalue weighted by molar-refractivity contribution is 6.29. The first-order valence-corrected chi connectivity index (χ1v) is 11.9. The molecule has 186 valence electrons. The summed E-state index contributed by atoms with van der Waals surface area (Å²) in [7, 11) is 2.02. The zero-order valence-corrected chi connectivity index (χ0v) is 21.3. The van der Waals surface area contributed by atoms with Crippen LogP contribution in [0.5, 0.6) is 0 Å². The predicted octanol–water partition coefficient (Wildman–Crippen LogP) is 5.24. The van der Waals surface area contributed by atoms with Gasteiger partial charge in [0.2, 0.25) is 0 Å². The Morgan fingerprint density at radius 3 is 2.37 bits per heavy atom. The highest BCUT2D eigenvalue weighted by Gasteiger charge is 2.22. The van der Waals surface area contributed by atoms with Gasteiger partial charge in [0.05, 0.1) is 11.9 Å². The first-order valence-electron chi connectivity index (χ1n) is 11.5. The summed E-state index contributed by atoms with van der Waals surface area (Å²) in [6.45, 7) is 8.12. The molecule has 35 heavy (non-hydrogen) atoms. The van der Waals surface area contributed by atoms with Gasteiger partial charge in [-0.3, -0.25) is 4.79 Å². The Hall–Kier alpha value is -3.36. The molecule has 9 heteroatoms. The maximum Gasteiger partial charge on any atom is 0.168 e. The monoisotopic (exact) mass is 498 g/mol. The summed E-state index contributed by atoms with van der Waals surface area (Å²) in [6, 6.07) is 17.5. The van der Waals surface area contributed by atoms with E-state index in [4.69, 9.17) is 11.6 Å². The maximum absolute atomic E-state index is 11.9. The van der Waals surface area contributed by atoms with Gasteiger partial charge in [-0.2, -0.15) is 0 Å². The molecule has 4 heterocycles. The van der Waals surface area contributed by atoms with E-state index in [1.807, 2.05) is 44.6 Å². The molecule has 1 aliphatic rings. The van der Waals surface area contributed by atoms with E-state index in [2.05, 4.69) is 31.3 Å². The van der Waals surface area contributed by atoms with E-state index in [1.165, 1.54) is 18.6 Å². The van der Waals surface area contributed by atoms with Crippen molar-refractivity contribution in [2.24, 2.45) is 0 Å². The van der Waals surface area contributed by atoms with Crippen LogP contribution in [-0.2, 0) is 0 Å². The molecule has 0 spiro atoms. The second kappa shape index (κ2) is 14.8. The maximum atomic E-state index is 11.9. The van der Waals surface area contributed by atoms with Crippen LogP contribution in [0.25, 0.3) is 5.65 Å². The Morgan fingerprint density at radius 1 is 1.09 bits per heavy atom. The van der Waals surface area contributed by atoms with Crippen LogP contribution in [0.15, 0.2) is 66.9 Å². The zero-order valence-electron chi connectivity index (χ0n) is 20.5. The predicted molar refractivity (Wildman–Crippen MR) is 140 cm³/mol. The minimum absolute atomic E-state index is 0.178. The number of fused-ring (bicyclic) bond motifs is 1. The van der Waals surface area contributed by atoms with Gasteiger partial charge in [-0.25, -0.2) is 18.9 Å². The quantitative estimate of drug-likeness (QED) is 0.308. The fourth-order valence-electron chi connectivity index (χ4n) is 3.26. The standard InChI is InChI=1S/C12H17N5.C6H4ClNO.C6H5F.C2H6/c1-9-7-14-11-3-4-12(15-17(9)11)16-6-5-10(8-16)13-2;7-6-3-1-2-5(4-9)8-6;7-6-4-2-1-3-5-6;1-2/h3-4,7,10,13H,5-6,8H2,1-2H3;1-4H;1-5H;1-2H3/t10-;;;/m0.../s1. The number of nitrogens with zero attached hydrogens (tertiary/aromatic N) is 5. The number of halogens is 2. The number of aldehydes is 1. The van der Waals surface area contributed by atoms with Crippen LogP contribution in [0.3, 0.4) is 0 Å². The smallest absolute Gasteiger partial charge is 0.168 e. The lowest BCUT2D eigenvalue weighted by Gasteiger charge is -2.17. The molecular formula is C26H32ClFN6O. The van der Waals surface area contributed by atoms with E-state index < -0.39 is 0 Å². The second-order valence-electron chi connectivity index (χ2n) is 7.38. The van der Waals surface area contributed by atoms with Crippen LogP contribution in [0, 0.1) is 12.7 Å². The van der Waals surface area contributed by atoms with Crippen LogP contribution in [-0.4, -0.2) is 52.0 Å². The normalized spacial score (nSPS) is 14.1. The van der Waals surface area contributed by atoms with E-state index in [-0.39, 0.29) is 5.82 Å². The van der Waals surface area contributed by atoms with Gasteiger partial charge in [0.1, 0.15) is 22.5 Å². The molecule has 0 amide bonds. The molecule has 1 saturated heterocycles. The topological polar surface area (TPSA) is 75.4 Å². The average Bonchev–Trinajstić information content (AvgIpc) is 3.53. The number of imidazole rings is 1. The third kappa shape index (κ3) is 8.73. The Balaban J connectivity index is 0.000000202. The van der Waals surface area contributed by atoms with Crippen molar-refractivity contribution in [1.29, 1.82) is 0 Å². The van der Waals surface area contributed by atoms with Gasteiger partial charge in [0.25, 0.3) is 0 Å². The van der Waals surface area contributed by atoms with Gasteiger partial charge in [0.15, 0.2) is 11.9 Å². The fraction of sp³-hybridized carbons (Fsp3) is 0.308. The van der Waals surface area contributed by atoms with Crippen molar-refractivity contribution in [1.82, 2.24) is 24.9 Å². The van der Waals surface area contributed by atoms with Crippen molar-refractivity contribution >= 4 is 29.4 Å². The number of benzene rings is 1. The molecule has 0 aliphatic carbocycles. The third-order valence-corrected chi connectivity index (χ3v) is 5.24. The summed E-state index contributed by atoms with van der Waals surface area (Å²) in [4.78, 5) is 20.3. The lowest BCUT2D eigenvalue weighted by atomic mass is 10.3. The molecule has 5 rings (SSSR count). The summed E-state index contributed by atoms with van der Waals surface area (Å²) < 4.78 is 13.8. The van der Waals surface area contributed by atoms with Crippen LogP contribution < -0.4 is 10.2 Å². The summed E-state index contributed by atoms with van der Waals surface area (Å²) in [5.41, 5.74) is 2.35. The average molecular weight is 499 g/mol. The first-order chi connectivity index (χ1) is 17.0. The summed E-state index contributed by atoms with van der Waals surface area (Å²) in [5.74, 6) is 0.860. The fourth-order valence-corrected chi connectivity index (χ4v) is 3.43. The molecule has 1 aliphatic heterocycles. The van der Waals surface area contributed by atoms with E-state index >= 15 is 0 Å². The molecule has 4 aromatic rings. The van der Waals surface area contributed by atoms with Gasteiger partial charge in [-0.05, 0) is 56.8 Å². The van der Waals surface area contributed by atoms with Crippen LogP contribution >= 0.6 is 11.6 Å². The number of aryl methyl sites for hydroxylation is 1. The lowest BCUT2D eigenvalue weighted by Crippen LogP contribution is -2.30. The second-order valence-corrected chi connectivity index (χ2v) is 7.77. The molecule has 1 N–H and O–H groups in total. The zero-order chi connectivity index (χ0) is 25.6. The Morgan fingerprint density at radius 2 is 1.83 bits per heavy atom. The Labute approximate surface area is 211 Å². The van der Waals surface area contributed by atoms with Gasteiger partial charge in [0, 0.05) is 19.1 Å². The van der Waals surface area contributed by atoms with Crippen molar-refractivity contribution in [3.8, 4) is 0 Å². The molecule has 1 aromatic carbocycles. The van der Waals surface area contributed by atoms with E-state index in [1.54, 1.807) is 36.4 Å². The minimum Gasteiger partial charge on any atom is -0.354 e. The van der Waals surface area contributed by atoms with Crippen LogP contribution in [0.4, 0.5) is 10.2 Å². The van der Waals surface area contributed by atoms with Crippen molar-refractivity contribution < 1.29 is 9.18 Å². The first kappa shape index (κ1) is 27.9. The molecule has 0 radical (unpaired) electrons. The van der Waals surface area contributed by atoms with Crippen molar-refractivity contribution in [3.63, 3.8) is 0 Å². The van der Waals surface area contributed by atoms with Gasteiger partial charge < -0.3 is 10.2 Å². The van der Waals surface area contributed by atoms with Crippen molar-refractivity contribution in [3.05, 3.63) is 89.2 Å². The Kier molecular flexibility index (Phi) is 11.8. The number of pyridine rings is 1. The number of nitrogens with one attached hydrogen (secondary N) is 1. The summed E-state index contributed by atoms with van der Waals surface area (Å²) >= 11 is 5.45. The molecule has 1 atom stereocenters. The van der Waals surface area contributed by atoms with Crippen LogP contribution in [0.1, 0.15) is 36.5 Å². The number of rotatable bonds is 3. The van der Waals surface area contributed by atoms with Gasteiger partial charge >= 0.3 is 0 Å².